The molecule has 1 aromatic carbocycles. The van der Waals surface area contributed by atoms with E-state index in [2.05, 4.69) is 26.6 Å². The number of carboxylic acids is 1. The van der Waals surface area contributed by atoms with Crippen molar-refractivity contribution >= 4 is 45.3 Å². The number of carbonyl (C=O) groups is 2. The van der Waals surface area contributed by atoms with Gasteiger partial charge in [0.2, 0.25) is 5.91 Å². The number of carboxylic acid groups (broad SMARTS) is 1. The van der Waals surface area contributed by atoms with Crippen LogP contribution in [-0.4, -0.2) is 41.1 Å². The van der Waals surface area contributed by atoms with Crippen molar-refractivity contribution in [1.82, 2.24) is 5.32 Å². The van der Waals surface area contributed by atoms with Crippen molar-refractivity contribution in [3.63, 3.8) is 0 Å². The van der Waals surface area contributed by atoms with E-state index in [1.165, 1.54) is 12.1 Å². The average molecular weight is 359 g/mol. The number of halogens is 1. The van der Waals surface area contributed by atoms with E-state index >= 15 is 0 Å². The molecule has 1 unspecified atom stereocenters. The number of nitrogens with one attached hydrogen (secondary N) is 2. The van der Waals surface area contributed by atoms with Gasteiger partial charge >= 0.3 is 5.97 Å². The first-order valence-electron chi connectivity index (χ1n) is 6.20. The zero-order chi connectivity index (χ0) is 14.5. The molecule has 1 fully saturated rings. The Morgan fingerprint density at radius 2 is 2.30 bits per heavy atom. The Labute approximate surface area is 129 Å². The Balaban J connectivity index is 1.99. The summed E-state index contributed by atoms with van der Waals surface area (Å²) in [6, 6.07) is 4.73. The summed E-state index contributed by atoms with van der Waals surface area (Å²) in [5.41, 5.74) is 0.633. The minimum Gasteiger partial charge on any atom is -0.478 e. The van der Waals surface area contributed by atoms with E-state index in [0.717, 1.165) is 18.1 Å². The third-order valence-electron chi connectivity index (χ3n) is 2.92. The largest absolute Gasteiger partial charge is 0.478 e. The third kappa shape index (κ3) is 4.22. The monoisotopic (exact) mass is 358 g/mol. The fourth-order valence-corrected chi connectivity index (χ4v) is 3.22. The third-order valence-corrected chi connectivity index (χ3v) is 4.74. The highest BCUT2D eigenvalue weighted by molar-refractivity contribution is 9.10. The van der Waals surface area contributed by atoms with E-state index in [4.69, 9.17) is 5.11 Å². The number of carbonyl (C=O) groups excluding carboxylic acids is 1. The molecule has 3 N–H and O–H groups in total. The number of benzene rings is 1. The number of amides is 1. The minimum absolute atomic E-state index is 0.117. The maximum Gasteiger partial charge on any atom is 0.335 e. The van der Waals surface area contributed by atoms with Gasteiger partial charge in [-0.1, -0.05) is 0 Å². The van der Waals surface area contributed by atoms with Crippen LogP contribution in [0.25, 0.3) is 0 Å². The van der Waals surface area contributed by atoms with Gasteiger partial charge in [0.15, 0.2) is 0 Å². The summed E-state index contributed by atoms with van der Waals surface area (Å²) in [6.07, 6.45) is 0.386. The lowest BCUT2D eigenvalue weighted by molar-refractivity contribution is -0.116. The van der Waals surface area contributed by atoms with Gasteiger partial charge in [0, 0.05) is 35.0 Å². The molecule has 0 saturated carbocycles. The molecule has 108 valence electrons. The SMILES string of the molecule is O=C(CC1CSCCN1)Nc1cc(C(=O)O)ccc1Br. The minimum atomic E-state index is -1.02. The lowest BCUT2D eigenvalue weighted by Gasteiger charge is -2.22. The Morgan fingerprint density at radius 1 is 1.50 bits per heavy atom. The molecule has 1 saturated heterocycles. The Hall–Kier alpha value is -1.05. The van der Waals surface area contributed by atoms with Crippen molar-refractivity contribution in [2.24, 2.45) is 0 Å². The molecule has 0 aromatic heterocycles. The number of anilines is 1. The summed E-state index contributed by atoms with van der Waals surface area (Å²) < 4.78 is 0.668. The van der Waals surface area contributed by atoms with E-state index in [1.54, 1.807) is 6.07 Å². The van der Waals surface area contributed by atoms with Crippen molar-refractivity contribution in [1.29, 1.82) is 0 Å². The molecule has 1 aliphatic heterocycles. The molecule has 5 nitrogen and oxygen atoms in total. The molecule has 0 aliphatic carbocycles. The molecule has 1 heterocycles. The summed E-state index contributed by atoms with van der Waals surface area (Å²) in [6.45, 7) is 0.917. The van der Waals surface area contributed by atoms with Gasteiger partial charge < -0.3 is 15.7 Å². The second-order valence-electron chi connectivity index (χ2n) is 4.48. The topological polar surface area (TPSA) is 78.4 Å². The van der Waals surface area contributed by atoms with Gasteiger partial charge in [-0.2, -0.15) is 11.8 Å². The van der Waals surface area contributed by atoms with Crippen LogP contribution in [0, 0.1) is 0 Å². The molecule has 1 aliphatic rings. The Kier molecular flexibility index (Phi) is 5.45. The standard InChI is InChI=1S/C13H15BrN2O3S/c14-10-2-1-8(13(18)19)5-11(10)16-12(17)6-9-7-20-4-3-15-9/h1-2,5,9,15H,3-4,6-7H2,(H,16,17)(H,18,19). The smallest absolute Gasteiger partial charge is 0.335 e. The highest BCUT2D eigenvalue weighted by Crippen LogP contribution is 2.24. The molecule has 1 amide bonds. The summed E-state index contributed by atoms with van der Waals surface area (Å²) in [5.74, 6) is 0.861. The highest BCUT2D eigenvalue weighted by atomic mass is 79.9. The van der Waals surface area contributed by atoms with Crippen LogP contribution in [0.1, 0.15) is 16.8 Å². The molecule has 1 aromatic rings. The van der Waals surface area contributed by atoms with Crippen LogP contribution < -0.4 is 10.6 Å². The van der Waals surface area contributed by atoms with Crippen LogP contribution in [0.4, 0.5) is 5.69 Å². The van der Waals surface area contributed by atoms with Gasteiger partial charge in [0.25, 0.3) is 0 Å². The fourth-order valence-electron chi connectivity index (χ4n) is 1.93. The van der Waals surface area contributed by atoms with E-state index in [1.807, 2.05) is 11.8 Å². The summed E-state index contributed by atoms with van der Waals surface area (Å²) in [5, 5.41) is 15.0. The van der Waals surface area contributed by atoms with Crippen molar-refractivity contribution in [2.45, 2.75) is 12.5 Å². The molecule has 1 atom stereocenters. The van der Waals surface area contributed by atoms with E-state index in [-0.39, 0.29) is 17.5 Å². The fraction of sp³-hybridized carbons (Fsp3) is 0.385. The van der Waals surface area contributed by atoms with Crippen molar-refractivity contribution < 1.29 is 14.7 Å². The summed E-state index contributed by atoms with van der Waals surface area (Å²) in [7, 11) is 0. The number of thioether (sulfide) groups is 1. The van der Waals surface area contributed by atoms with E-state index in [0.29, 0.717) is 16.6 Å². The van der Waals surface area contributed by atoms with E-state index in [9.17, 15) is 9.59 Å². The molecule has 2 rings (SSSR count). The lowest BCUT2D eigenvalue weighted by atomic mass is 10.2. The molecule has 7 heteroatoms. The molecule has 0 radical (unpaired) electrons. The van der Waals surface area contributed by atoms with Gasteiger partial charge in [-0.25, -0.2) is 4.79 Å². The molecular formula is C13H15BrN2O3S. The predicted molar refractivity (Wildman–Crippen MR) is 83.5 cm³/mol. The Morgan fingerprint density at radius 3 is 2.95 bits per heavy atom. The molecule has 20 heavy (non-hydrogen) atoms. The quantitative estimate of drug-likeness (QED) is 0.768. The number of hydrogen-bond acceptors (Lipinski definition) is 4. The highest BCUT2D eigenvalue weighted by Gasteiger charge is 2.17. The first-order chi connectivity index (χ1) is 9.56. The van der Waals surface area contributed by atoms with Crippen LogP contribution in [0.3, 0.4) is 0 Å². The second-order valence-corrected chi connectivity index (χ2v) is 6.48. The van der Waals surface area contributed by atoms with E-state index < -0.39 is 5.97 Å². The van der Waals surface area contributed by atoms with Crippen LogP contribution >= 0.6 is 27.7 Å². The predicted octanol–water partition coefficient (Wildman–Crippen LogP) is 2.18. The number of hydrogen-bond donors (Lipinski definition) is 3. The van der Waals surface area contributed by atoms with Crippen molar-refractivity contribution in [2.75, 3.05) is 23.4 Å². The zero-order valence-corrected chi connectivity index (χ0v) is 13.1. The van der Waals surface area contributed by atoms with Gasteiger partial charge in [0.1, 0.15) is 0 Å². The van der Waals surface area contributed by atoms with Crippen LogP contribution in [0.15, 0.2) is 22.7 Å². The number of rotatable bonds is 4. The molecule has 0 spiro atoms. The van der Waals surface area contributed by atoms with Gasteiger partial charge in [-0.3, -0.25) is 4.79 Å². The maximum atomic E-state index is 12.0. The van der Waals surface area contributed by atoms with Gasteiger partial charge in [-0.05, 0) is 34.1 Å². The second kappa shape index (κ2) is 7.10. The number of aromatic carboxylic acids is 1. The first kappa shape index (κ1) is 15.3. The van der Waals surface area contributed by atoms with Gasteiger partial charge in [0.05, 0.1) is 11.3 Å². The first-order valence-corrected chi connectivity index (χ1v) is 8.15. The van der Waals surface area contributed by atoms with Gasteiger partial charge in [-0.15, -0.1) is 0 Å². The average Bonchev–Trinajstić information content (AvgIpc) is 2.42. The van der Waals surface area contributed by atoms with Crippen LogP contribution in [0.2, 0.25) is 0 Å². The maximum absolute atomic E-state index is 12.0. The summed E-state index contributed by atoms with van der Waals surface area (Å²) >= 11 is 5.14. The summed E-state index contributed by atoms with van der Waals surface area (Å²) in [4.78, 5) is 22.9. The van der Waals surface area contributed by atoms with Crippen molar-refractivity contribution in [3.05, 3.63) is 28.2 Å². The Bertz CT molecular complexity index is 518. The molecule has 0 bridgehead atoms. The molecular weight excluding hydrogens is 344 g/mol. The van der Waals surface area contributed by atoms with Crippen LogP contribution in [0.5, 0.6) is 0 Å². The lowest BCUT2D eigenvalue weighted by Crippen LogP contribution is -2.39. The normalized spacial score (nSPS) is 18.6. The van der Waals surface area contributed by atoms with Crippen molar-refractivity contribution in [3.8, 4) is 0 Å². The van der Waals surface area contributed by atoms with Crippen LogP contribution in [-0.2, 0) is 4.79 Å². The zero-order valence-electron chi connectivity index (χ0n) is 10.7.